The second-order valence-corrected chi connectivity index (χ2v) is 7.14. The summed E-state index contributed by atoms with van der Waals surface area (Å²) in [6.45, 7) is 14.0. The molecule has 0 unspecified atom stereocenters. The van der Waals surface area contributed by atoms with Crippen LogP contribution in [0, 0.1) is 0 Å². The predicted octanol–water partition coefficient (Wildman–Crippen LogP) is 2.39. The lowest BCUT2D eigenvalue weighted by Gasteiger charge is -2.30. The molecule has 0 aliphatic carbocycles. The van der Waals surface area contributed by atoms with E-state index in [-0.39, 0.29) is 5.91 Å². The highest BCUT2D eigenvalue weighted by atomic mass is 79.9. The van der Waals surface area contributed by atoms with Crippen LogP contribution >= 0.6 is 15.9 Å². The van der Waals surface area contributed by atoms with Crippen molar-refractivity contribution in [2.45, 2.75) is 58.0 Å². The molecule has 96 valence electrons. The van der Waals surface area contributed by atoms with Gasteiger partial charge in [-0.25, -0.2) is 0 Å². The fourth-order valence-corrected chi connectivity index (χ4v) is 1.76. The highest BCUT2D eigenvalue weighted by molar-refractivity contribution is 9.10. The largest absolute Gasteiger partial charge is 0.354 e. The van der Waals surface area contributed by atoms with Gasteiger partial charge in [0.15, 0.2) is 0 Å². The number of carbonyl (C=O) groups excluding carboxylic acids is 1. The van der Waals surface area contributed by atoms with Gasteiger partial charge in [0.25, 0.3) is 0 Å². The Morgan fingerprint density at radius 3 is 2.00 bits per heavy atom. The third-order valence-electron chi connectivity index (χ3n) is 2.52. The summed E-state index contributed by atoms with van der Waals surface area (Å²) in [6, 6.07) is 1.02. The summed E-state index contributed by atoms with van der Waals surface area (Å²) in [7, 11) is 0. The third-order valence-corrected chi connectivity index (χ3v) is 2.88. The highest BCUT2D eigenvalue weighted by Crippen LogP contribution is 2.15. The van der Waals surface area contributed by atoms with E-state index < -0.39 is 4.32 Å². The Bertz CT molecular complexity index is 214. The normalized spacial score (nSPS) is 12.6. The maximum absolute atomic E-state index is 11.6. The topological polar surface area (TPSA) is 32.3 Å². The van der Waals surface area contributed by atoms with Crippen molar-refractivity contribution in [3.8, 4) is 0 Å². The smallest absolute Gasteiger partial charge is 0.236 e. The zero-order valence-electron chi connectivity index (χ0n) is 11.3. The van der Waals surface area contributed by atoms with Gasteiger partial charge in [-0.1, -0.05) is 15.9 Å². The van der Waals surface area contributed by atoms with E-state index in [2.05, 4.69) is 53.8 Å². The number of hydrogen-bond acceptors (Lipinski definition) is 2. The fraction of sp³-hybridized carbons (Fsp3) is 0.917. The Morgan fingerprint density at radius 1 is 1.25 bits per heavy atom. The van der Waals surface area contributed by atoms with Crippen LogP contribution in [0.2, 0.25) is 0 Å². The fourth-order valence-electron chi connectivity index (χ4n) is 1.62. The van der Waals surface area contributed by atoms with E-state index in [1.807, 2.05) is 13.8 Å². The zero-order chi connectivity index (χ0) is 12.9. The maximum atomic E-state index is 11.6. The minimum Gasteiger partial charge on any atom is -0.354 e. The molecule has 3 nitrogen and oxygen atoms in total. The van der Waals surface area contributed by atoms with Gasteiger partial charge in [0.1, 0.15) is 0 Å². The molecule has 1 amide bonds. The summed E-state index contributed by atoms with van der Waals surface area (Å²) >= 11 is 3.34. The number of hydrogen-bond donors (Lipinski definition) is 1. The number of halogens is 1. The van der Waals surface area contributed by atoms with E-state index in [1.165, 1.54) is 0 Å². The summed E-state index contributed by atoms with van der Waals surface area (Å²) in [4.78, 5) is 14.0. The summed E-state index contributed by atoms with van der Waals surface area (Å²) in [5.41, 5.74) is 0. The first-order valence-electron chi connectivity index (χ1n) is 5.89. The van der Waals surface area contributed by atoms with Gasteiger partial charge in [-0.3, -0.25) is 9.69 Å². The second-order valence-electron chi connectivity index (χ2n) is 5.15. The van der Waals surface area contributed by atoms with Gasteiger partial charge in [0.05, 0.1) is 4.32 Å². The molecule has 0 bridgehead atoms. The van der Waals surface area contributed by atoms with Gasteiger partial charge < -0.3 is 5.32 Å². The average molecular weight is 293 g/mol. The van der Waals surface area contributed by atoms with Crippen molar-refractivity contribution in [1.29, 1.82) is 0 Å². The summed E-state index contributed by atoms with van der Waals surface area (Å²) in [5.74, 6) is 0.0416. The molecular formula is C12H25BrN2O. The van der Waals surface area contributed by atoms with Gasteiger partial charge in [-0.05, 0) is 41.5 Å². The number of rotatable bonds is 6. The lowest BCUT2D eigenvalue weighted by Crippen LogP contribution is -2.45. The van der Waals surface area contributed by atoms with Crippen molar-refractivity contribution in [3.05, 3.63) is 0 Å². The SMILES string of the molecule is CC(C)N(CCNC(=O)C(C)(C)Br)C(C)C. The summed E-state index contributed by atoms with van der Waals surface area (Å²) < 4.78 is -0.479. The Kier molecular flexibility index (Phi) is 6.56. The van der Waals surface area contributed by atoms with Gasteiger partial charge in [-0.15, -0.1) is 0 Å². The van der Waals surface area contributed by atoms with Crippen LogP contribution in [-0.4, -0.2) is 40.3 Å². The van der Waals surface area contributed by atoms with E-state index in [4.69, 9.17) is 0 Å². The number of carbonyl (C=O) groups is 1. The van der Waals surface area contributed by atoms with Gasteiger partial charge in [-0.2, -0.15) is 0 Å². The van der Waals surface area contributed by atoms with E-state index >= 15 is 0 Å². The molecule has 0 rings (SSSR count). The molecule has 0 aromatic carbocycles. The monoisotopic (exact) mass is 292 g/mol. The molecule has 0 aromatic rings. The number of amides is 1. The first-order chi connectivity index (χ1) is 7.16. The first-order valence-corrected chi connectivity index (χ1v) is 6.68. The van der Waals surface area contributed by atoms with Gasteiger partial charge in [0, 0.05) is 25.2 Å². The Balaban J connectivity index is 4.01. The van der Waals surface area contributed by atoms with Crippen molar-refractivity contribution < 1.29 is 4.79 Å². The number of alkyl halides is 1. The lowest BCUT2D eigenvalue weighted by atomic mass is 10.2. The summed E-state index contributed by atoms with van der Waals surface area (Å²) in [5, 5.41) is 2.94. The Labute approximate surface area is 108 Å². The average Bonchev–Trinajstić information content (AvgIpc) is 2.08. The van der Waals surface area contributed by atoms with Gasteiger partial charge in [0.2, 0.25) is 5.91 Å². The van der Waals surface area contributed by atoms with Crippen LogP contribution in [0.25, 0.3) is 0 Å². The molecule has 0 aliphatic rings. The van der Waals surface area contributed by atoms with Crippen LogP contribution in [0.15, 0.2) is 0 Å². The Hall–Kier alpha value is -0.0900. The third kappa shape index (κ3) is 5.85. The minimum absolute atomic E-state index is 0.0416. The van der Waals surface area contributed by atoms with Crippen LogP contribution < -0.4 is 5.32 Å². The molecule has 0 saturated carbocycles. The predicted molar refractivity (Wildman–Crippen MR) is 73.0 cm³/mol. The molecule has 0 fully saturated rings. The molecule has 1 N–H and O–H groups in total. The van der Waals surface area contributed by atoms with Crippen LogP contribution in [0.5, 0.6) is 0 Å². The highest BCUT2D eigenvalue weighted by Gasteiger charge is 2.23. The quantitative estimate of drug-likeness (QED) is 0.763. The Morgan fingerprint density at radius 2 is 1.69 bits per heavy atom. The molecule has 0 aliphatic heterocycles. The van der Waals surface area contributed by atoms with E-state index in [1.54, 1.807) is 0 Å². The maximum Gasteiger partial charge on any atom is 0.236 e. The van der Waals surface area contributed by atoms with Crippen LogP contribution in [0.4, 0.5) is 0 Å². The molecule has 0 aromatic heterocycles. The minimum atomic E-state index is -0.479. The standard InChI is InChI=1S/C12H25BrN2O/c1-9(2)15(10(3)4)8-7-14-11(16)12(5,6)13/h9-10H,7-8H2,1-6H3,(H,14,16). The lowest BCUT2D eigenvalue weighted by molar-refractivity contribution is -0.122. The molecule has 0 spiro atoms. The number of nitrogens with zero attached hydrogens (tertiary/aromatic N) is 1. The van der Waals surface area contributed by atoms with Crippen LogP contribution in [0.1, 0.15) is 41.5 Å². The van der Waals surface area contributed by atoms with E-state index in [0.29, 0.717) is 18.6 Å². The zero-order valence-corrected chi connectivity index (χ0v) is 12.9. The van der Waals surface area contributed by atoms with Gasteiger partial charge >= 0.3 is 0 Å². The number of nitrogens with one attached hydrogen (secondary N) is 1. The van der Waals surface area contributed by atoms with Crippen molar-refractivity contribution >= 4 is 21.8 Å². The molecular weight excluding hydrogens is 268 g/mol. The van der Waals surface area contributed by atoms with Crippen molar-refractivity contribution in [1.82, 2.24) is 10.2 Å². The first kappa shape index (κ1) is 15.9. The second kappa shape index (κ2) is 6.60. The molecule has 0 radical (unpaired) electrons. The summed E-state index contributed by atoms with van der Waals surface area (Å²) in [6.07, 6.45) is 0. The van der Waals surface area contributed by atoms with Crippen molar-refractivity contribution in [2.75, 3.05) is 13.1 Å². The molecule has 0 atom stereocenters. The van der Waals surface area contributed by atoms with Crippen molar-refractivity contribution in [2.24, 2.45) is 0 Å². The van der Waals surface area contributed by atoms with E-state index in [9.17, 15) is 4.79 Å². The van der Waals surface area contributed by atoms with Crippen LogP contribution in [-0.2, 0) is 4.79 Å². The van der Waals surface area contributed by atoms with E-state index in [0.717, 1.165) is 6.54 Å². The van der Waals surface area contributed by atoms with Crippen LogP contribution in [0.3, 0.4) is 0 Å². The van der Waals surface area contributed by atoms with Crippen molar-refractivity contribution in [3.63, 3.8) is 0 Å². The molecule has 16 heavy (non-hydrogen) atoms. The molecule has 0 saturated heterocycles. The molecule has 4 heteroatoms. The molecule has 0 heterocycles.